The van der Waals surface area contributed by atoms with Crippen molar-refractivity contribution in [1.29, 1.82) is 0 Å². The third kappa shape index (κ3) is 2.83. The number of hydrogen-bond acceptors (Lipinski definition) is 3. The van der Waals surface area contributed by atoms with E-state index in [1.165, 1.54) is 6.42 Å². The molecule has 3 aliphatic carbocycles. The molecule has 1 aromatic carbocycles. The maximum Gasteiger partial charge on any atom is 0.145 e. The number of ether oxygens (including phenoxy) is 1. The predicted molar refractivity (Wildman–Crippen MR) is 97.9 cm³/mol. The van der Waals surface area contributed by atoms with Gasteiger partial charge in [0.15, 0.2) is 0 Å². The van der Waals surface area contributed by atoms with Crippen molar-refractivity contribution in [1.82, 2.24) is 5.16 Å². The summed E-state index contributed by atoms with van der Waals surface area (Å²) in [5, 5.41) is 5.50. The minimum Gasteiger partial charge on any atom is -0.373 e. The normalized spacial score (nSPS) is 27.4. The molecule has 3 nitrogen and oxygen atoms in total. The number of nitrogens with zero attached hydrogens (tertiary/aromatic N) is 1. The van der Waals surface area contributed by atoms with E-state index in [9.17, 15) is 0 Å². The standard InChI is InChI=1S/C20H19Cl2NO2/c21-15-2-1-3-16(22)18(15)19-14(20(25-23-19)12-6-7-12)10-24-17-9-11-4-5-13(17)8-11/h1-5,11-13,17H,6-10H2. The van der Waals surface area contributed by atoms with Crippen molar-refractivity contribution in [2.45, 2.75) is 44.3 Å². The summed E-state index contributed by atoms with van der Waals surface area (Å²) in [7, 11) is 0. The Morgan fingerprint density at radius 3 is 2.56 bits per heavy atom. The number of allylic oxidation sites excluding steroid dienone is 1. The molecule has 3 atom stereocenters. The molecule has 1 aromatic heterocycles. The van der Waals surface area contributed by atoms with Gasteiger partial charge in [0, 0.05) is 23.0 Å². The summed E-state index contributed by atoms with van der Waals surface area (Å²) in [6.45, 7) is 0.508. The van der Waals surface area contributed by atoms with Gasteiger partial charge in [-0.15, -0.1) is 0 Å². The molecule has 2 fully saturated rings. The first-order chi connectivity index (χ1) is 12.2. The molecule has 25 heavy (non-hydrogen) atoms. The highest BCUT2D eigenvalue weighted by Gasteiger charge is 2.38. The van der Waals surface area contributed by atoms with Gasteiger partial charge in [-0.25, -0.2) is 0 Å². The summed E-state index contributed by atoms with van der Waals surface area (Å²) in [6, 6.07) is 5.51. The van der Waals surface area contributed by atoms with E-state index in [0.717, 1.165) is 41.8 Å². The maximum atomic E-state index is 6.40. The molecule has 2 aromatic rings. The smallest absolute Gasteiger partial charge is 0.145 e. The molecular weight excluding hydrogens is 357 g/mol. The molecule has 0 N–H and O–H groups in total. The highest BCUT2D eigenvalue weighted by Crippen LogP contribution is 2.47. The molecule has 2 saturated carbocycles. The SMILES string of the molecule is Clc1cccc(Cl)c1-c1noc(C2CC2)c1COC1CC2C=CC1C2. The fraction of sp³-hybridized carbons (Fsp3) is 0.450. The van der Waals surface area contributed by atoms with E-state index < -0.39 is 0 Å². The van der Waals surface area contributed by atoms with Gasteiger partial charge in [-0.3, -0.25) is 0 Å². The van der Waals surface area contributed by atoms with E-state index >= 15 is 0 Å². The number of hydrogen-bond donors (Lipinski definition) is 0. The van der Waals surface area contributed by atoms with E-state index in [-0.39, 0.29) is 0 Å². The van der Waals surface area contributed by atoms with Crippen LogP contribution in [-0.4, -0.2) is 11.3 Å². The lowest BCUT2D eigenvalue weighted by molar-refractivity contribution is 0.0240. The molecule has 0 saturated heterocycles. The Morgan fingerprint density at radius 2 is 1.92 bits per heavy atom. The second kappa shape index (κ2) is 6.15. The lowest BCUT2D eigenvalue weighted by Crippen LogP contribution is -2.18. The average Bonchev–Trinajstić information content (AvgIpc) is 3.03. The van der Waals surface area contributed by atoms with Gasteiger partial charge in [0.1, 0.15) is 11.5 Å². The van der Waals surface area contributed by atoms with Gasteiger partial charge < -0.3 is 9.26 Å². The van der Waals surface area contributed by atoms with E-state index in [1.54, 1.807) is 0 Å². The van der Waals surface area contributed by atoms with Crippen LogP contribution in [0.2, 0.25) is 10.0 Å². The molecular formula is C20H19Cl2NO2. The van der Waals surface area contributed by atoms with Crippen LogP contribution in [0.1, 0.15) is 42.9 Å². The second-order valence-electron chi connectivity index (χ2n) is 7.37. The fourth-order valence-electron chi connectivity index (χ4n) is 4.16. The summed E-state index contributed by atoms with van der Waals surface area (Å²) in [5.41, 5.74) is 2.49. The number of rotatable bonds is 5. The zero-order chi connectivity index (χ0) is 17.0. The quantitative estimate of drug-likeness (QED) is 0.600. The van der Waals surface area contributed by atoms with Crippen LogP contribution in [0.5, 0.6) is 0 Å². The van der Waals surface area contributed by atoms with Crippen LogP contribution in [0.25, 0.3) is 11.3 Å². The Bertz CT molecular complexity index is 820. The third-order valence-electron chi connectivity index (χ3n) is 5.63. The van der Waals surface area contributed by atoms with Crippen molar-refractivity contribution in [2.75, 3.05) is 0 Å². The summed E-state index contributed by atoms with van der Waals surface area (Å²) in [5.74, 6) is 2.66. The average molecular weight is 376 g/mol. The Morgan fingerprint density at radius 1 is 1.12 bits per heavy atom. The topological polar surface area (TPSA) is 35.3 Å². The van der Waals surface area contributed by atoms with Crippen LogP contribution >= 0.6 is 23.2 Å². The molecule has 2 bridgehead atoms. The van der Waals surface area contributed by atoms with Gasteiger partial charge in [0.2, 0.25) is 0 Å². The Kier molecular flexibility index (Phi) is 3.92. The Balaban J connectivity index is 1.47. The van der Waals surface area contributed by atoms with Crippen molar-refractivity contribution >= 4 is 23.2 Å². The maximum absolute atomic E-state index is 6.40. The van der Waals surface area contributed by atoms with Gasteiger partial charge in [-0.2, -0.15) is 0 Å². The molecule has 0 spiro atoms. The van der Waals surface area contributed by atoms with Crippen molar-refractivity contribution in [3.05, 3.63) is 51.7 Å². The highest BCUT2D eigenvalue weighted by atomic mass is 35.5. The van der Waals surface area contributed by atoms with Gasteiger partial charge in [0.25, 0.3) is 0 Å². The highest BCUT2D eigenvalue weighted by molar-refractivity contribution is 6.39. The first-order valence-corrected chi connectivity index (χ1v) is 9.69. The van der Waals surface area contributed by atoms with Crippen molar-refractivity contribution in [3.63, 3.8) is 0 Å². The Labute approximate surface area is 156 Å². The largest absolute Gasteiger partial charge is 0.373 e. The summed E-state index contributed by atoms with van der Waals surface area (Å²) < 4.78 is 12.0. The summed E-state index contributed by atoms with van der Waals surface area (Å²) in [6.07, 6.45) is 9.57. The van der Waals surface area contributed by atoms with Crippen LogP contribution in [-0.2, 0) is 11.3 Å². The van der Waals surface area contributed by atoms with Gasteiger partial charge in [0.05, 0.1) is 22.8 Å². The number of halogens is 2. The van der Waals surface area contributed by atoms with Crippen LogP contribution in [0.15, 0.2) is 34.9 Å². The van der Waals surface area contributed by atoms with Gasteiger partial charge >= 0.3 is 0 Å². The monoisotopic (exact) mass is 375 g/mol. The fourth-order valence-corrected chi connectivity index (χ4v) is 4.74. The number of fused-ring (bicyclic) bond motifs is 2. The van der Waals surface area contributed by atoms with Crippen LogP contribution in [0, 0.1) is 11.8 Å². The van der Waals surface area contributed by atoms with Gasteiger partial charge in [-0.05, 0) is 43.7 Å². The van der Waals surface area contributed by atoms with Crippen molar-refractivity contribution < 1.29 is 9.26 Å². The molecule has 1 heterocycles. The minimum atomic E-state index is 0.298. The van der Waals surface area contributed by atoms with E-state index in [0.29, 0.717) is 40.5 Å². The lowest BCUT2D eigenvalue weighted by Gasteiger charge is -2.19. The predicted octanol–water partition coefficient (Wildman–Crippen LogP) is 6.01. The molecule has 3 aliphatic rings. The molecule has 130 valence electrons. The van der Waals surface area contributed by atoms with Crippen molar-refractivity contribution in [2.24, 2.45) is 11.8 Å². The van der Waals surface area contributed by atoms with E-state index in [2.05, 4.69) is 17.3 Å². The van der Waals surface area contributed by atoms with Gasteiger partial charge in [-0.1, -0.05) is 46.6 Å². The van der Waals surface area contributed by atoms with Crippen molar-refractivity contribution in [3.8, 4) is 11.3 Å². The number of aromatic nitrogens is 1. The zero-order valence-electron chi connectivity index (χ0n) is 13.8. The molecule has 3 unspecified atom stereocenters. The first kappa shape index (κ1) is 15.9. The number of benzene rings is 1. The lowest BCUT2D eigenvalue weighted by atomic mass is 10.0. The molecule has 0 amide bonds. The molecule has 5 heteroatoms. The Hall–Kier alpha value is -1.29. The third-order valence-corrected chi connectivity index (χ3v) is 6.26. The van der Waals surface area contributed by atoms with Crippen LogP contribution in [0.4, 0.5) is 0 Å². The van der Waals surface area contributed by atoms with Crippen LogP contribution < -0.4 is 0 Å². The zero-order valence-corrected chi connectivity index (χ0v) is 15.3. The first-order valence-electron chi connectivity index (χ1n) is 8.93. The molecule has 5 rings (SSSR count). The summed E-state index contributed by atoms with van der Waals surface area (Å²) in [4.78, 5) is 0. The van der Waals surface area contributed by atoms with E-state index in [4.69, 9.17) is 32.5 Å². The molecule has 0 aliphatic heterocycles. The second-order valence-corrected chi connectivity index (χ2v) is 8.19. The summed E-state index contributed by atoms with van der Waals surface area (Å²) >= 11 is 12.8. The van der Waals surface area contributed by atoms with E-state index in [1.807, 2.05) is 18.2 Å². The molecule has 0 radical (unpaired) electrons. The minimum absolute atomic E-state index is 0.298. The van der Waals surface area contributed by atoms with Crippen LogP contribution in [0.3, 0.4) is 0 Å².